The van der Waals surface area contributed by atoms with E-state index in [4.69, 9.17) is 0 Å². The standard InChI is InChI=1S/C23H31N5O3/c29-21-5-4-20(22(30)25-21)28-15-19-16(2-1-3-18(19)23(28)31)14-26-10-6-17(7-11-26)27-12-8-24-9-13-27/h1-3,17,20,24H,4-15H2,(H,25,29,30). The number of benzene rings is 1. The lowest BCUT2D eigenvalue weighted by Crippen LogP contribution is -2.52. The fraction of sp³-hybridized carbons (Fsp3) is 0.609. The summed E-state index contributed by atoms with van der Waals surface area (Å²) < 4.78 is 0. The Kier molecular flexibility index (Phi) is 5.77. The molecule has 3 saturated heterocycles. The van der Waals surface area contributed by atoms with E-state index >= 15 is 0 Å². The zero-order valence-electron chi connectivity index (χ0n) is 17.9. The third kappa shape index (κ3) is 4.12. The van der Waals surface area contributed by atoms with Gasteiger partial charge in [-0.15, -0.1) is 0 Å². The Morgan fingerprint density at radius 1 is 0.968 bits per heavy atom. The van der Waals surface area contributed by atoms with Crippen molar-refractivity contribution in [3.05, 3.63) is 34.9 Å². The molecule has 3 fully saturated rings. The van der Waals surface area contributed by atoms with Crippen LogP contribution in [0.4, 0.5) is 0 Å². The number of piperidine rings is 2. The molecular formula is C23H31N5O3. The maximum absolute atomic E-state index is 13.0. The highest BCUT2D eigenvalue weighted by molar-refractivity contribution is 6.05. The van der Waals surface area contributed by atoms with Gasteiger partial charge in [-0.25, -0.2) is 0 Å². The number of nitrogens with one attached hydrogen (secondary N) is 2. The van der Waals surface area contributed by atoms with Gasteiger partial charge in [-0.3, -0.25) is 29.5 Å². The quantitative estimate of drug-likeness (QED) is 0.676. The van der Waals surface area contributed by atoms with E-state index < -0.39 is 6.04 Å². The van der Waals surface area contributed by atoms with Crippen LogP contribution in [0.25, 0.3) is 0 Å². The average molecular weight is 426 g/mol. The largest absolute Gasteiger partial charge is 0.322 e. The molecule has 5 rings (SSSR count). The zero-order chi connectivity index (χ0) is 21.4. The van der Waals surface area contributed by atoms with Gasteiger partial charge in [0.1, 0.15) is 6.04 Å². The molecule has 1 aromatic rings. The maximum Gasteiger partial charge on any atom is 0.255 e. The molecular weight excluding hydrogens is 394 g/mol. The number of carbonyl (C=O) groups excluding carboxylic acids is 3. The summed E-state index contributed by atoms with van der Waals surface area (Å²) >= 11 is 0. The van der Waals surface area contributed by atoms with E-state index in [1.807, 2.05) is 12.1 Å². The smallest absolute Gasteiger partial charge is 0.255 e. The van der Waals surface area contributed by atoms with Gasteiger partial charge >= 0.3 is 0 Å². The number of fused-ring (bicyclic) bond motifs is 1. The lowest BCUT2D eigenvalue weighted by atomic mass is 9.99. The van der Waals surface area contributed by atoms with Crippen molar-refractivity contribution >= 4 is 17.7 Å². The second kappa shape index (κ2) is 8.68. The second-order valence-corrected chi connectivity index (χ2v) is 9.14. The first-order valence-corrected chi connectivity index (χ1v) is 11.5. The predicted octanol–water partition coefficient (Wildman–Crippen LogP) is 0.317. The first-order chi connectivity index (χ1) is 15.1. The number of carbonyl (C=O) groups is 3. The van der Waals surface area contributed by atoms with E-state index in [0.717, 1.165) is 51.4 Å². The second-order valence-electron chi connectivity index (χ2n) is 9.14. The molecule has 8 heteroatoms. The zero-order valence-corrected chi connectivity index (χ0v) is 17.9. The van der Waals surface area contributed by atoms with Gasteiger partial charge in [-0.1, -0.05) is 12.1 Å². The van der Waals surface area contributed by atoms with Crippen molar-refractivity contribution in [2.24, 2.45) is 0 Å². The molecule has 4 aliphatic heterocycles. The van der Waals surface area contributed by atoms with Crippen molar-refractivity contribution in [1.29, 1.82) is 0 Å². The van der Waals surface area contributed by atoms with E-state index in [1.165, 1.54) is 18.4 Å². The minimum absolute atomic E-state index is 0.0937. The molecule has 1 aromatic carbocycles. The number of hydrogen-bond donors (Lipinski definition) is 2. The van der Waals surface area contributed by atoms with Crippen LogP contribution in [-0.4, -0.2) is 83.8 Å². The molecule has 31 heavy (non-hydrogen) atoms. The van der Waals surface area contributed by atoms with Crippen LogP contribution in [0.5, 0.6) is 0 Å². The van der Waals surface area contributed by atoms with Crippen LogP contribution < -0.4 is 10.6 Å². The molecule has 0 saturated carbocycles. The fourth-order valence-corrected chi connectivity index (χ4v) is 5.53. The van der Waals surface area contributed by atoms with Gasteiger partial charge in [0.05, 0.1) is 0 Å². The summed E-state index contributed by atoms with van der Waals surface area (Å²) in [6.45, 7) is 7.92. The summed E-state index contributed by atoms with van der Waals surface area (Å²) in [4.78, 5) is 43.6. The topological polar surface area (TPSA) is 85.0 Å². The molecule has 166 valence electrons. The lowest BCUT2D eigenvalue weighted by molar-refractivity contribution is -0.136. The normalized spacial score (nSPS) is 26.3. The minimum atomic E-state index is -0.555. The van der Waals surface area contributed by atoms with Gasteiger partial charge in [-0.05, 0) is 49.5 Å². The summed E-state index contributed by atoms with van der Waals surface area (Å²) in [7, 11) is 0. The predicted molar refractivity (Wildman–Crippen MR) is 115 cm³/mol. The fourth-order valence-electron chi connectivity index (χ4n) is 5.53. The molecule has 8 nitrogen and oxygen atoms in total. The van der Waals surface area contributed by atoms with E-state index in [0.29, 0.717) is 24.6 Å². The molecule has 0 spiro atoms. The summed E-state index contributed by atoms with van der Waals surface area (Å²) in [5.74, 6) is -0.701. The van der Waals surface area contributed by atoms with E-state index in [1.54, 1.807) is 4.90 Å². The van der Waals surface area contributed by atoms with Crippen molar-refractivity contribution in [1.82, 2.24) is 25.3 Å². The Hall–Kier alpha value is -2.29. The lowest BCUT2D eigenvalue weighted by Gasteiger charge is -2.40. The van der Waals surface area contributed by atoms with Crippen LogP contribution in [-0.2, 0) is 22.7 Å². The van der Waals surface area contributed by atoms with Crippen molar-refractivity contribution < 1.29 is 14.4 Å². The first kappa shape index (κ1) is 20.6. The van der Waals surface area contributed by atoms with Crippen LogP contribution in [0.15, 0.2) is 18.2 Å². The van der Waals surface area contributed by atoms with Crippen molar-refractivity contribution in [2.45, 2.75) is 50.9 Å². The highest BCUT2D eigenvalue weighted by Crippen LogP contribution is 2.31. The summed E-state index contributed by atoms with van der Waals surface area (Å²) in [5, 5.41) is 5.81. The molecule has 1 atom stereocenters. The van der Waals surface area contributed by atoms with Crippen molar-refractivity contribution in [3.63, 3.8) is 0 Å². The van der Waals surface area contributed by atoms with Crippen LogP contribution in [0.3, 0.4) is 0 Å². The average Bonchev–Trinajstić information content (AvgIpc) is 3.12. The van der Waals surface area contributed by atoms with Gasteiger partial charge in [0, 0.05) is 57.3 Å². The molecule has 3 amide bonds. The number of piperazine rings is 1. The maximum atomic E-state index is 13.0. The monoisotopic (exact) mass is 425 g/mol. The Labute approximate surface area is 182 Å². The first-order valence-electron chi connectivity index (χ1n) is 11.5. The molecule has 4 heterocycles. The van der Waals surface area contributed by atoms with E-state index in [2.05, 4.69) is 26.5 Å². The number of hydrogen-bond acceptors (Lipinski definition) is 6. The molecule has 0 bridgehead atoms. The summed E-state index contributed by atoms with van der Waals surface area (Å²) in [6.07, 6.45) is 3.07. The molecule has 0 radical (unpaired) electrons. The van der Waals surface area contributed by atoms with Crippen molar-refractivity contribution in [2.75, 3.05) is 39.3 Å². The summed E-state index contributed by atoms with van der Waals surface area (Å²) in [6, 6.07) is 6.06. The third-order valence-electron chi connectivity index (χ3n) is 7.30. The minimum Gasteiger partial charge on any atom is -0.322 e. The highest BCUT2D eigenvalue weighted by Gasteiger charge is 2.40. The van der Waals surface area contributed by atoms with Gasteiger partial charge in [0.15, 0.2) is 0 Å². The summed E-state index contributed by atoms with van der Waals surface area (Å²) in [5.41, 5.74) is 2.93. The number of amides is 3. The molecule has 2 N–H and O–H groups in total. The molecule has 0 aromatic heterocycles. The Bertz CT molecular complexity index is 874. The number of nitrogens with zero attached hydrogens (tertiary/aromatic N) is 3. The number of imide groups is 1. The SMILES string of the molecule is O=C1CCC(N2Cc3c(CN4CCC(N5CCNCC5)CC4)cccc3C2=O)C(=O)N1. The molecule has 0 aliphatic carbocycles. The van der Waals surface area contributed by atoms with Crippen LogP contribution in [0.2, 0.25) is 0 Å². The van der Waals surface area contributed by atoms with Gasteiger partial charge in [0.25, 0.3) is 5.91 Å². The van der Waals surface area contributed by atoms with E-state index in [-0.39, 0.29) is 24.1 Å². The molecule has 1 unspecified atom stereocenters. The van der Waals surface area contributed by atoms with Crippen LogP contribution in [0, 0.1) is 0 Å². The molecule has 4 aliphatic rings. The van der Waals surface area contributed by atoms with E-state index in [9.17, 15) is 14.4 Å². The van der Waals surface area contributed by atoms with Crippen LogP contribution in [0.1, 0.15) is 47.2 Å². The van der Waals surface area contributed by atoms with Crippen molar-refractivity contribution in [3.8, 4) is 0 Å². The highest BCUT2D eigenvalue weighted by atomic mass is 16.2. The van der Waals surface area contributed by atoms with Crippen LogP contribution >= 0.6 is 0 Å². The Morgan fingerprint density at radius 3 is 2.48 bits per heavy atom. The number of likely N-dealkylation sites (tertiary alicyclic amines) is 1. The Morgan fingerprint density at radius 2 is 1.74 bits per heavy atom. The Balaban J connectivity index is 1.24. The van der Waals surface area contributed by atoms with Gasteiger partial charge in [0.2, 0.25) is 11.8 Å². The van der Waals surface area contributed by atoms with Gasteiger partial charge in [-0.2, -0.15) is 0 Å². The third-order valence-corrected chi connectivity index (χ3v) is 7.30. The van der Waals surface area contributed by atoms with Gasteiger partial charge < -0.3 is 10.2 Å². The number of rotatable bonds is 4.